The summed E-state index contributed by atoms with van der Waals surface area (Å²) in [7, 11) is 1.71. The van der Waals surface area contributed by atoms with Crippen LogP contribution in [0, 0.1) is 0 Å². The number of carbonyl (C=O) groups excluding carboxylic acids is 1. The van der Waals surface area contributed by atoms with Crippen molar-refractivity contribution in [3.63, 3.8) is 0 Å². The summed E-state index contributed by atoms with van der Waals surface area (Å²) in [4.78, 5) is 16.1. The first-order valence-electron chi connectivity index (χ1n) is 14.4. The van der Waals surface area contributed by atoms with E-state index in [1.54, 1.807) is 7.11 Å². The second-order valence-electron chi connectivity index (χ2n) is 10.2. The van der Waals surface area contributed by atoms with Crippen molar-refractivity contribution >= 4 is 27.9 Å². The Morgan fingerprint density at radius 2 is 1.66 bits per heavy atom. The van der Waals surface area contributed by atoms with E-state index in [0.29, 0.717) is 30.5 Å². The molecule has 5 nitrogen and oxygen atoms in total. The van der Waals surface area contributed by atoms with Gasteiger partial charge in [0.1, 0.15) is 0 Å². The summed E-state index contributed by atoms with van der Waals surface area (Å²) in [5, 5.41) is 3.27. The van der Waals surface area contributed by atoms with E-state index in [9.17, 15) is 4.79 Å². The third-order valence-electron chi connectivity index (χ3n) is 7.85. The molecule has 6 heteroatoms. The first kappa shape index (κ1) is 30.3. The van der Waals surface area contributed by atoms with Crippen LogP contribution in [0.1, 0.15) is 96.3 Å². The Hall–Kier alpha value is -0.951. The Labute approximate surface area is 219 Å². The molecule has 0 spiro atoms. The molecule has 0 aromatic heterocycles. The maximum absolute atomic E-state index is 13.6. The standard InChI is InChI=1S/C17H25N2O3.3C4H9.Sn/c1-4-19-11-7-8-13(19)12-18-17(20)14-9-6-10-15(21-3)16(14)22-5-2;3*1-3-4-2;/h9-10,13H,4-5,7-8,11-12H2,1-3H3,(H,18,20);3*1,3-4H2,2H3;. The van der Waals surface area contributed by atoms with Crippen LogP contribution in [0.15, 0.2) is 12.1 Å². The van der Waals surface area contributed by atoms with E-state index in [1.807, 2.05) is 6.92 Å². The van der Waals surface area contributed by atoms with Gasteiger partial charge in [0.15, 0.2) is 0 Å². The summed E-state index contributed by atoms with van der Waals surface area (Å²) < 4.78 is 17.4. The van der Waals surface area contributed by atoms with Gasteiger partial charge in [-0.05, 0) is 0 Å². The molecular weight excluding hydrogens is 543 g/mol. The van der Waals surface area contributed by atoms with Crippen LogP contribution in [-0.2, 0) is 0 Å². The van der Waals surface area contributed by atoms with Gasteiger partial charge in [-0.2, -0.15) is 0 Å². The van der Waals surface area contributed by atoms with E-state index in [4.69, 9.17) is 9.47 Å². The fourth-order valence-corrected chi connectivity index (χ4v) is 21.7. The minimum absolute atomic E-state index is 0.0155. The molecule has 1 aliphatic rings. The number of hydrogen-bond acceptors (Lipinski definition) is 4. The number of likely N-dealkylation sites (N-methyl/N-ethyl adjacent to an activating group) is 1. The van der Waals surface area contributed by atoms with Gasteiger partial charge in [0, 0.05) is 0 Å². The van der Waals surface area contributed by atoms with E-state index in [2.05, 4.69) is 50.0 Å². The van der Waals surface area contributed by atoms with Crippen LogP contribution in [0.5, 0.6) is 11.5 Å². The minimum atomic E-state index is -2.75. The second-order valence-corrected chi connectivity index (χ2v) is 23.5. The Bertz CT molecular complexity index is 749. The van der Waals surface area contributed by atoms with Crippen LogP contribution in [0.3, 0.4) is 0 Å². The van der Waals surface area contributed by atoms with Crippen molar-refractivity contribution in [2.24, 2.45) is 0 Å². The summed E-state index contributed by atoms with van der Waals surface area (Å²) in [6, 6.07) is 4.92. The van der Waals surface area contributed by atoms with Gasteiger partial charge in [-0.1, -0.05) is 0 Å². The predicted molar refractivity (Wildman–Crippen MR) is 151 cm³/mol. The van der Waals surface area contributed by atoms with Crippen molar-refractivity contribution in [3.8, 4) is 11.5 Å². The van der Waals surface area contributed by atoms with Crippen molar-refractivity contribution in [1.82, 2.24) is 10.2 Å². The molecule has 0 aliphatic carbocycles. The molecule has 0 radical (unpaired) electrons. The third kappa shape index (κ3) is 8.28. The summed E-state index contributed by atoms with van der Waals surface area (Å²) in [5.41, 5.74) is 0.674. The molecule has 1 heterocycles. The number of nitrogens with one attached hydrogen (secondary N) is 1. The van der Waals surface area contributed by atoms with Gasteiger partial charge < -0.3 is 0 Å². The monoisotopic (exact) mass is 596 g/mol. The zero-order valence-corrected chi connectivity index (χ0v) is 26.4. The Morgan fingerprint density at radius 1 is 1.03 bits per heavy atom. The van der Waals surface area contributed by atoms with Crippen LogP contribution < -0.4 is 18.4 Å². The first-order chi connectivity index (χ1) is 17.0. The zero-order valence-electron chi connectivity index (χ0n) is 23.5. The third-order valence-corrected chi connectivity index (χ3v) is 23.4. The number of ether oxygens (including phenoxy) is 2. The number of unbranched alkanes of at least 4 members (excludes halogenated alkanes) is 3. The molecule has 1 atom stereocenters. The fraction of sp³-hybridized carbons (Fsp3) is 0.759. The molecule has 1 amide bonds. The molecule has 1 N–H and O–H groups in total. The van der Waals surface area contributed by atoms with Crippen molar-refractivity contribution < 1.29 is 14.3 Å². The number of methoxy groups -OCH3 is 1. The normalized spacial score (nSPS) is 16.5. The van der Waals surface area contributed by atoms with Crippen molar-refractivity contribution in [2.45, 2.75) is 105 Å². The molecule has 1 aromatic rings. The molecule has 1 unspecified atom stereocenters. The quantitative estimate of drug-likeness (QED) is 0.213. The summed E-state index contributed by atoms with van der Waals surface area (Å²) in [6.07, 6.45) is 9.92. The van der Waals surface area contributed by atoms with Crippen molar-refractivity contribution in [1.29, 1.82) is 0 Å². The summed E-state index contributed by atoms with van der Waals surface area (Å²) in [6.45, 7) is 14.5. The van der Waals surface area contributed by atoms with Gasteiger partial charge in [0.25, 0.3) is 0 Å². The Balaban J connectivity index is 2.49. The number of likely N-dealkylation sites (tertiary alicyclic amines) is 1. The summed E-state index contributed by atoms with van der Waals surface area (Å²) in [5.74, 6) is 1.33. The molecule has 1 saturated heterocycles. The molecule has 2 rings (SSSR count). The Morgan fingerprint density at radius 3 is 2.17 bits per heavy atom. The second kappa shape index (κ2) is 16.0. The number of rotatable bonds is 17. The Kier molecular flexibility index (Phi) is 13.8. The SMILES string of the molecule is CCC[CH2][Sn]([CH2]CCC)([CH2]CCC)[c]1cc(OC)c(OCC)c(C(=O)NCC2CCCN2CC)c1. The van der Waals surface area contributed by atoms with Gasteiger partial charge in [-0.25, -0.2) is 0 Å². The van der Waals surface area contributed by atoms with E-state index < -0.39 is 18.4 Å². The molecule has 200 valence electrons. The van der Waals surface area contributed by atoms with Gasteiger partial charge in [-0.15, -0.1) is 0 Å². The zero-order chi connectivity index (χ0) is 25.7. The van der Waals surface area contributed by atoms with E-state index >= 15 is 0 Å². The number of benzene rings is 1. The van der Waals surface area contributed by atoms with Gasteiger partial charge >= 0.3 is 220 Å². The van der Waals surface area contributed by atoms with Gasteiger partial charge in [0.2, 0.25) is 0 Å². The van der Waals surface area contributed by atoms with E-state index in [0.717, 1.165) is 25.3 Å². The van der Waals surface area contributed by atoms with Crippen LogP contribution in [-0.4, -0.2) is 68.6 Å². The average Bonchev–Trinajstić information content (AvgIpc) is 3.35. The van der Waals surface area contributed by atoms with Crippen LogP contribution in [0.2, 0.25) is 13.3 Å². The van der Waals surface area contributed by atoms with E-state index in [-0.39, 0.29) is 5.91 Å². The number of carbonyl (C=O) groups is 1. The number of nitrogens with zero attached hydrogens (tertiary/aromatic N) is 1. The fourth-order valence-electron chi connectivity index (χ4n) is 5.72. The number of hydrogen-bond donors (Lipinski definition) is 1. The van der Waals surface area contributed by atoms with Crippen molar-refractivity contribution in [2.75, 3.05) is 33.4 Å². The molecule has 1 aliphatic heterocycles. The molecule has 35 heavy (non-hydrogen) atoms. The molecule has 1 fully saturated rings. The topological polar surface area (TPSA) is 50.8 Å². The summed E-state index contributed by atoms with van der Waals surface area (Å²) >= 11 is -2.75. The first-order valence-corrected chi connectivity index (χ1v) is 21.9. The molecule has 0 bridgehead atoms. The number of amides is 1. The van der Waals surface area contributed by atoms with Gasteiger partial charge in [0.05, 0.1) is 0 Å². The molecule has 0 saturated carbocycles. The van der Waals surface area contributed by atoms with E-state index in [1.165, 1.54) is 61.8 Å². The van der Waals surface area contributed by atoms with Crippen LogP contribution in [0.25, 0.3) is 0 Å². The van der Waals surface area contributed by atoms with Crippen LogP contribution in [0.4, 0.5) is 0 Å². The van der Waals surface area contributed by atoms with Crippen molar-refractivity contribution in [3.05, 3.63) is 17.7 Å². The average molecular weight is 595 g/mol. The maximum atomic E-state index is 13.6. The predicted octanol–water partition coefficient (Wildman–Crippen LogP) is 6.36. The molecule has 1 aromatic carbocycles. The van der Waals surface area contributed by atoms with Crippen LogP contribution >= 0.6 is 0 Å². The molecular formula is C29H52N2O3Sn. The van der Waals surface area contributed by atoms with Gasteiger partial charge in [-0.3, -0.25) is 0 Å².